The Bertz CT molecular complexity index is 395. The number of benzene rings is 1. The standard InChI is InChI=1S/C12H18ClN3O/c1-3-15-12(17)8-16(2)11-5-4-10(13)6-9(11)7-14/h4-6H,3,7-8,14H2,1-2H3,(H,15,17). The van der Waals surface area contributed by atoms with Crippen molar-refractivity contribution in [3.05, 3.63) is 28.8 Å². The Kier molecular flexibility index (Phi) is 5.25. The lowest BCUT2D eigenvalue weighted by Crippen LogP contribution is -2.35. The smallest absolute Gasteiger partial charge is 0.239 e. The Balaban J connectivity index is 2.81. The van der Waals surface area contributed by atoms with Crippen LogP contribution in [0.5, 0.6) is 0 Å². The lowest BCUT2D eigenvalue weighted by Gasteiger charge is -2.21. The topological polar surface area (TPSA) is 58.4 Å². The first-order valence-corrected chi connectivity index (χ1v) is 5.92. The lowest BCUT2D eigenvalue weighted by atomic mass is 10.1. The summed E-state index contributed by atoms with van der Waals surface area (Å²) in [5, 5.41) is 3.41. The van der Waals surface area contributed by atoms with Crippen molar-refractivity contribution in [2.45, 2.75) is 13.5 Å². The number of carbonyl (C=O) groups excluding carboxylic acids is 1. The zero-order valence-corrected chi connectivity index (χ0v) is 10.9. The second-order valence-corrected chi connectivity index (χ2v) is 4.22. The van der Waals surface area contributed by atoms with Crippen LogP contribution in [-0.2, 0) is 11.3 Å². The fourth-order valence-electron chi connectivity index (χ4n) is 1.64. The van der Waals surface area contributed by atoms with Crippen LogP contribution in [0, 0.1) is 0 Å². The molecule has 0 aliphatic rings. The molecule has 0 unspecified atom stereocenters. The van der Waals surface area contributed by atoms with E-state index in [2.05, 4.69) is 5.32 Å². The molecule has 0 heterocycles. The highest BCUT2D eigenvalue weighted by Gasteiger charge is 2.10. The Morgan fingerprint density at radius 2 is 2.24 bits per heavy atom. The van der Waals surface area contributed by atoms with Gasteiger partial charge in [0.05, 0.1) is 6.54 Å². The van der Waals surface area contributed by atoms with Crippen LogP contribution in [-0.4, -0.2) is 26.0 Å². The zero-order chi connectivity index (χ0) is 12.8. The van der Waals surface area contributed by atoms with Crippen molar-refractivity contribution >= 4 is 23.2 Å². The Morgan fingerprint density at radius 1 is 1.53 bits per heavy atom. The summed E-state index contributed by atoms with van der Waals surface area (Å²) in [6, 6.07) is 5.50. The second-order valence-electron chi connectivity index (χ2n) is 3.79. The van der Waals surface area contributed by atoms with Gasteiger partial charge in [-0.3, -0.25) is 4.79 Å². The predicted octanol–water partition coefficient (Wildman–Crippen LogP) is 1.37. The van der Waals surface area contributed by atoms with E-state index in [9.17, 15) is 4.79 Å². The molecule has 1 amide bonds. The summed E-state index contributed by atoms with van der Waals surface area (Å²) in [5.74, 6) is -0.00655. The van der Waals surface area contributed by atoms with E-state index in [0.29, 0.717) is 24.7 Å². The number of anilines is 1. The molecule has 0 atom stereocenters. The van der Waals surface area contributed by atoms with E-state index in [1.807, 2.05) is 31.0 Å². The van der Waals surface area contributed by atoms with Crippen LogP contribution in [0.3, 0.4) is 0 Å². The van der Waals surface area contributed by atoms with Crippen molar-refractivity contribution in [2.24, 2.45) is 5.73 Å². The summed E-state index contributed by atoms with van der Waals surface area (Å²) in [5.41, 5.74) is 7.53. The Labute approximate surface area is 107 Å². The summed E-state index contributed by atoms with van der Waals surface area (Å²) in [6.07, 6.45) is 0. The summed E-state index contributed by atoms with van der Waals surface area (Å²) < 4.78 is 0. The van der Waals surface area contributed by atoms with Gasteiger partial charge in [0.15, 0.2) is 0 Å². The highest BCUT2D eigenvalue weighted by molar-refractivity contribution is 6.30. The van der Waals surface area contributed by atoms with E-state index in [4.69, 9.17) is 17.3 Å². The molecule has 0 aliphatic heterocycles. The van der Waals surface area contributed by atoms with Crippen LogP contribution in [0.25, 0.3) is 0 Å². The first kappa shape index (κ1) is 13.8. The van der Waals surface area contributed by atoms with Gasteiger partial charge in [-0.2, -0.15) is 0 Å². The SMILES string of the molecule is CCNC(=O)CN(C)c1ccc(Cl)cc1CN. The summed E-state index contributed by atoms with van der Waals surface area (Å²) >= 11 is 5.90. The van der Waals surface area contributed by atoms with Crippen molar-refractivity contribution < 1.29 is 4.79 Å². The van der Waals surface area contributed by atoms with E-state index >= 15 is 0 Å². The van der Waals surface area contributed by atoms with Gasteiger partial charge in [-0.1, -0.05) is 11.6 Å². The number of likely N-dealkylation sites (N-methyl/N-ethyl adjacent to an activating group) is 2. The average Bonchev–Trinajstić information content (AvgIpc) is 2.28. The minimum Gasteiger partial charge on any atom is -0.365 e. The molecule has 5 heteroatoms. The van der Waals surface area contributed by atoms with Gasteiger partial charge < -0.3 is 16.0 Å². The number of carbonyl (C=O) groups is 1. The number of halogens is 1. The molecule has 0 saturated carbocycles. The number of hydrogen-bond acceptors (Lipinski definition) is 3. The number of hydrogen-bond donors (Lipinski definition) is 2. The van der Waals surface area contributed by atoms with Gasteiger partial charge in [0.1, 0.15) is 0 Å². The van der Waals surface area contributed by atoms with Gasteiger partial charge >= 0.3 is 0 Å². The van der Waals surface area contributed by atoms with Crippen LogP contribution in [0.15, 0.2) is 18.2 Å². The quantitative estimate of drug-likeness (QED) is 0.836. The van der Waals surface area contributed by atoms with Gasteiger partial charge in [0.2, 0.25) is 5.91 Å². The normalized spacial score (nSPS) is 10.1. The van der Waals surface area contributed by atoms with Crippen molar-refractivity contribution in [3.8, 4) is 0 Å². The predicted molar refractivity (Wildman–Crippen MR) is 71.3 cm³/mol. The van der Waals surface area contributed by atoms with Gasteiger partial charge in [0, 0.05) is 30.8 Å². The lowest BCUT2D eigenvalue weighted by molar-refractivity contribution is -0.119. The van der Waals surface area contributed by atoms with E-state index in [1.54, 1.807) is 6.07 Å². The maximum atomic E-state index is 11.5. The monoisotopic (exact) mass is 255 g/mol. The molecular weight excluding hydrogens is 238 g/mol. The van der Waals surface area contributed by atoms with Gasteiger partial charge in [-0.25, -0.2) is 0 Å². The fourth-order valence-corrected chi connectivity index (χ4v) is 1.84. The number of amides is 1. The highest BCUT2D eigenvalue weighted by atomic mass is 35.5. The van der Waals surface area contributed by atoms with Crippen LogP contribution < -0.4 is 16.0 Å². The molecule has 0 aliphatic carbocycles. The molecule has 17 heavy (non-hydrogen) atoms. The number of nitrogens with two attached hydrogens (primary N) is 1. The maximum absolute atomic E-state index is 11.5. The molecule has 0 aromatic heterocycles. The van der Waals surface area contributed by atoms with Gasteiger partial charge in [-0.05, 0) is 30.7 Å². The fraction of sp³-hybridized carbons (Fsp3) is 0.417. The molecule has 1 rings (SSSR count). The first-order valence-electron chi connectivity index (χ1n) is 5.54. The van der Waals surface area contributed by atoms with Crippen molar-refractivity contribution in [1.82, 2.24) is 5.32 Å². The molecule has 94 valence electrons. The third-order valence-corrected chi connectivity index (χ3v) is 2.66. The molecule has 0 radical (unpaired) electrons. The van der Waals surface area contributed by atoms with Gasteiger partial charge in [-0.15, -0.1) is 0 Å². The number of rotatable bonds is 5. The molecule has 3 N–H and O–H groups in total. The van der Waals surface area contributed by atoms with Crippen LogP contribution >= 0.6 is 11.6 Å². The van der Waals surface area contributed by atoms with Crippen LogP contribution in [0.1, 0.15) is 12.5 Å². The van der Waals surface area contributed by atoms with E-state index < -0.39 is 0 Å². The molecule has 0 spiro atoms. The van der Waals surface area contributed by atoms with E-state index in [1.165, 1.54) is 0 Å². The molecule has 1 aromatic rings. The van der Waals surface area contributed by atoms with Gasteiger partial charge in [0.25, 0.3) is 0 Å². The zero-order valence-electron chi connectivity index (χ0n) is 10.2. The third kappa shape index (κ3) is 3.91. The minimum absolute atomic E-state index is 0.00655. The maximum Gasteiger partial charge on any atom is 0.239 e. The van der Waals surface area contributed by atoms with Crippen molar-refractivity contribution in [2.75, 3.05) is 25.0 Å². The minimum atomic E-state index is -0.00655. The van der Waals surface area contributed by atoms with Crippen LogP contribution in [0.2, 0.25) is 5.02 Å². The van der Waals surface area contributed by atoms with E-state index in [0.717, 1.165) is 11.3 Å². The largest absolute Gasteiger partial charge is 0.365 e. The second kappa shape index (κ2) is 6.47. The molecule has 0 saturated heterocycles. The summed E-state index contributed by atoms with van der Waals surface area (Å²) in [7, 11) is 1.86. The summed E-state index contributed by atoms with van der Waals surface area (Å²) in [4.78, 5) is 13.3. The highest BCUT2D eigenvalue weighted by Crippen LogP contribution is 2.22. The molecule has 0 bridgehead atoms. The summed E-state index contributed by atoms with van der Waals surface area (Å²) in [6.45, 7) is 3.24. The van der Waals surface area contributed by atoms with Crippen LogP contribution in [0.4, 0.5) is 5.69 Å². The van der Waals surface area contributed by atoms with E-state index in [-0.39, 0.29) is 5.91 Å². The average molecular weight is 256 g/mol. The molecule has 1 aromatic carbocycles. The Hall–Kier alpha value is -1.26. The first-order chi connectivity index (χ1) is 8.08. The molecule has 0 fully saturated rings. The molecular formula is C12H18ClN3O. The molecule has 4 nitrogen and oxygen atoms in total. The van der Waals surface area contributed by atoms with Crippen molar-refractivity contribution in [1.29, 1.82) is 0 Å². The Morgan fingerprint density at radius 3 is 2.82 bits per heavy atom. The third-order valence-electron chi connectivity index (χ3n) is 2.43. The van der Waals surface area contributed by atoms with Crippen molar-refractivity contribution in [3.63, 3.8) is 0 Å². The number of nitrogens with zero attached hydrogens (tertiary/aromatic N) is 1. The number of nitrogens with one attached hydrogen (secondary N) is 1.